The Bertz CT molecular complexity index is 4010. The number of aliphatic hydroxyl groups is 1. The van der Waals surface area contributed by atoms with Crippen LogP contribution in [-0.4, -0.2) is 251 Å². The number of nitrogens with two attached hydrogens (primary N) is 8. The van der Waals surface area contributed by atoms with Crippen molar-refractivity contribution in [3.63, 3.8) is 0 Å². The maximum atomic E-state index is 15.8. The van der Waals surface area contributed by atoms with Crippen LogP contribution in [0.4, 0.5) is 0 Å². The molecule has 0 saturated heterocycles. The summed E-state index contributed by atoms with van der Waals surface area (Å²) in [6.07, 6.45) is 8.96. The second kappa shape index (κ2) is 62.0. The van der Waals surface area contributed by atoms with Crippen LogP contribution in [0, 0.1) is 29.6 Å². The normalized spacial score (nSPS) is 22.0. The molecule has 17 atom stereocenters. The summed E-state index contributed by atoms with van der Waals surface area (Å²) in [5.74, 6) is -9.47. The molecule has 32 N–H and O–H groups in total. The highest BCUT2D eigenvalue weighted by molar-refractivity contribution is 7.98. The number of amides is 12. The SMILES string of the molecule is CC[C@H](C)[C@@H]1NC(=O)[C@H]([C@@H](C)O)NC(=O)C(CC(C)C)NC(=O)[C@H](CCCN=C(N)N)NC(=O)C(CCSC)NC(=O)[C@H](C(C)C)NC(=O)C(C)(N[C@@H](CCCCN)C(=O)C(=O)C(C)NN)CCCCCCC=CCCCC(C)(C(=O)N[C@@H](Cc2ccc(O)cc2)C(=O)NC(CC(C)C)C(=O)N[C@@H](CCCN=C(N)N)C(=O)NC(C(=O)N[C@H](C=O)CCCN=C(N)N)C(C)C)NC1=O. The minimum absolute atomic E-state index is 0.0108. The predicted molar refractivity (Wildman–Crippen MR) is 514 cm³/mol. The van der Waals surface area contributed by atoms with Crippen molar-refractivity contribution in [2.45, 2.75) is 340 Å². The summed E-state index contributed by atoms with van der Waals surface area (Å²) in [4.78, 5) is 232. The van der Waals surface area contributed by atoms with Crippen molar-refractivity contribution < 1.29 is 82.1 Å². The fourth-order valence-electron chi connectivity index (χ4n) is 14.7. The number of allylic oxidation sites excluding steroid dienone is 2. The number of ketones is 2. The van der Waals surface area contributed by atoms with Crippen molar-refractivity contribution >= 4 is 118 Å². The number of aliphatic imine (C=N–C) groups is 3. The molecule has 0 radical (unpaired) electrons. The number of hydrogen-bond donors (Lipinski definition) is 24. The van der Waals surface area contributed by atoms with Gasteiger partial charge >= 0.3 is 0 Å². The number of nitrogens with zero attached hydrogens (tertiary/aromatic N) is 3. The number of rotatable bonds is 47. The first-order valence-corrected chi connectivity index (χ1v) is 47.9. The zero-order valence-electron chi connectivity index (χ0n) is 80.7. The van der Waals surface area contributed by atoms with Gasteiger partial charge in [-0.3, -0.25) is 93.3 Å². The average molecular weight is 1900 g/mol. The third-order valence-corrected chi connectivity index (χ3v) is 23.6. The van der Waals surface area contributed by atoms with E-state index in [1.54, 1.807) is 82.4 Å². The Morgan fingerprint density at radius 1 is 0.549 bits per heavy atom. The number of phenolic OH excluding ortho intramolecular Hbond substituents is 1. The predicted octanol–water partition coefficient (Wildman–Crippen LogP) is -0.997. The van der Waals surface area contributed by atoms with Crippen molar-refractivity contribution in [3.05, 3.63) is 42.0 Å². The van der Waals surface area contributed by atoms with Gasteiger partial charge in [-0.25, -0.2) is 5.43 Å². The van der Waals surface area contributed by atoms with Crippen LogP contribution in [0.15, 0.2) is 51.4 Å². The minimum atomic E-state index is -1.98. The van der Waals surface area contributed by atoms with Crippen LogP contribution in [0.5, 0.6) is 5.75 Å². The number of guanidine groups is 3. The number of aldehydes is 1. The Hall–Kier alpha value is -10.6. The van der Waals surface area contributed by atoms with Gasteiger partial charge < -0.3 is 119 Å². The highest BCUT2D eigenvalue weighted by atomic mass is 32.2. The molecule has 0 saturated carbocycles. The Balaban J connectivity index is 3.05. The number of benzene rings is 1. The van der Waals surface area contributed by atoms with Crippen LogP contribution < -0.4 is 121 Å². The van der Waals surface area contributed by atoms with Crippen LogP contribution in [-0.2, 0) is 78.3 Å². The van der Waals surface area contributed by atoms with Crippen LogP contribution in [0.25, 0.3) is 0 Å². The van der Waals surface area contributed by atoms with Crippen LogP contribution in [0.3, 0.4) is 0 Å². The number of carbonyl (C=O) groups is 15. The molecular weight excluding hydrogens is 1740 g/mol. The van der Waals surface area contributed by atoms with Crippen LogP contribution >= 0.6 is 11.8 Å². The second-order valence-electron chi connectivity index (χ2n) is 36.4. The summed E-state index contributed by atoms with van der Waals surface area (Å²) in [5, 5.41) is 58.3. The van der Waals surface area contributed by atoms with Gasteiger partial charge in [0, 0.05) is 26.1 Å². The summed E-state index contributed by atoms with van der Waals surface area (Å²) < 4.78 is 0. The van der Waals surface area contributed by atoms with E-state index in [1.165, 1.54) is 56.8 Å². The van der Waals surface area contributed by atoms with Gasteiger partial charge in [0.15, 0.2) is 17.9 Å². The van der Waals surface area contributed by atoms with Crippen molar-refractivity contribution in [1.29, 1.82) is 0 Å². The van der Waals surface area contributed by atoms with E-state index in [-0.39, 0.29) is 152 Å². The van der Waals surface area contributed by atoms with Gasteiger partial charge in [-0.05, 0) is 203 Å². The van der Waals surface area contributed by atoms with E-state index in [2.05, 4.69) is 89.5 Å². The molecule has 752 valence electrons. The molecule has 1 aliphatic rings. The molecular formula is C90H159N25O17S. The minimum Gasteiger partial charge on any atom is -0.508 e. The maximum absolute atomic E-state index is 15.8. The van der Waals surface area contributed by atoms with E-state index >= 15 is 19.2 Å². The lowest BCUT2D eigenvalue weighted by atomic mass is 9.88. The van der Waals surface area contributed by atoms with E-state index in [1.807, 2.05) is 12.2 Å². The summed E-state index contributed by atoms with van der Waals surface area (Å²) in [7, 11) is 0. The molecule has 42 nitrogen and oxygen atoms in total. The smallest absolute Gasteiger partial charge is 0.246 e. The zero-order chi connectivity index (χ0) is 100. The van der Waals surface area contributed by atoms with Gasteiger partial charge in [-0.2, -0.15) is 11.8 Å². The summed E-state index contributed by atoms with van der Waals surface area (Å²) in [5.41, 5.74) is 38.5. The monoisotopic (exact) mass is 1890 g/mol. The molecule has 0 spiro atoms. The first-order valence-electron chi connectivity index (χ1n) is 46.5. The van der Waals surface area contributed by atoms with Crippen molar-refractivity contribution in [1.82, 2.24) is 74.5 Å². The molecule has 7 unspecified atom stereocenters. The zero-order valence-corrected chi connectivity index (χ0v) is 81.5. The van der Waals surface area contributed by atoms with E-state index in [9.17, 15) is 63.0 Å². The first-order chi connectivity index (χ1) is 62.6. The number of unbranched alkanes of at least 4 members (excludes halogenated alkanes) is 1. The second-order valence-corrected chi connectivity index (χ2v) is 37.4. The molecule has 0 fully saturated rings. The van der Waals surface area contributed by atoms with Gasteiger partial charge in [0.25, 0.3) is 0 Å². The molecule has 2 rings (SSSR count). The van der Waals surface area contributed by atoms with Crippen LogP contribution in [0.2, 0.25) is 0 Å². The molecule has 1 aliphatic heterocycles. The number of phenols is 1. The third-order valence-electron chi connectivity index (χ3n) is 22.9. The van der Waals surface area contributed by atoms with E-state index < -0.39 is 196 Å². The summed E-state index contributed by atoms with van der Waals surface area (Å²) >= 11 is 1.36. The highest BCUT2D eigenvalue weighted by Gasteiger charge is 2.45. The lowest BCUT2D eigenvalue weighted by Gasteiger charge is -2.36. The lowest BCUT2D eigenvalue weighted by molar-refractivity contribution is -0.140. The Morgan fingerprint density at radius 3 is 1.62 bits per heavy atom. The van der Waals surface area contributed by atoms with E-state index in [4.69, 9.17) is 46.0 Å². The van der Waals surface area contributed by atoms with Crippen molar-refractivity contribution in [2.24, 2.45) is 90.5 Å². The fourth-order valence-corrected chi connectivity index (χ4v) is 15.2. The molecule has 43 heteroatoms. The number of hydrogen-bond acceptors (Lipinski definition) is 25. The topological polar surface area (TPSA) is 710 Å². The summed E-state index contributed by atoms with van der Waals surface area (Å²) in [6, 6.07) is -12.2. The number of aromatic hydroxyl groups is 1. The van der Waals surface area contributed by atoms with Crippen molar-refractivity contribution in [3.8, 4) is 5.75 Å². The number of nitrogens with one attached hydrogen (secondary N) is 14. The molecule has 12 amide bonds. The largest absolute Gasteiger partial charge is 0.508 e. The number of thioether (sulfide) groups is 1. The van der Waals surface area contributed by atoms with Crippen molar-refractivity contribution in [2.75, 3.05) is 38.2 Å². The molecule has 0 aliphatic carbocycles. The van der Waals surface area contributed by atoms with Gasteiger partial charge in [0.05, 0.1) is 29.8 Å². The number of carbonyl (C=O) groups excluding carboxylic acids is 15. The Morgan fingerprint density at radius 2 is 1.08 bits per heavy atom. The first kappa shape index (κ1) is 118. The van der Waals surface area contributed by atoms with Gasteiger partial charge in [-0.1, -0.05) is 126 Å². The lowest BCUT2D eigenvalue weighted by Crippen LogP contribution is -2.65. The number of Topliss-reactive ketones (excluding diaryl/α,β-unsaturated/α-hetero) is 2. The van der Waals surface area contributed by atoms with Gasteiger partial charge in [0.2, 0.25) is 82.5 Å². The van der Waals surface area contributed by atoms with E-state index in [0.29, 0.717) is 75.4 Å². The number of hydrazine groups is 1. The molecule has 133 heavy (non-hydrogen) atoms. The average Bonchev–Trinajstić information content (AvgIpc) is 0.819. The van der Waals surface area contributed by atoms with E-state index in [0.717, 1.165) is 0 Å². The Labute approximate surface area is 788 Å². The standard InChI is InChI=1S/C90H159N25O17S/c1-16-55(10)70-83(130)114-90(14,84(131)108-67(49-58-35-37-60(118)38-36-58)78(125)107-65(47-51(2)3)77(124)104-63(34-30-45-101-88(96)97)76(123)109-68(53(6)7)80(127)102-59(50-116)31-28-43-99-86(92)93)41-26-23-21-19-17-18-20-22-25-40-89(13,113-61(32-24-27-42-91)73(120)72(119)56(11)115-98)85(132)112-69(54(8)9)81(128)105-64(39-46-133-15)75(122)103-62(33-29-44-100-87(94)95)74(121)106-66(48-52(4)5)79(126)111-71(57(12)117)82(129)110-70/h19,21,35-38,50-57,59,61-71,113,115,117-118H,16-18,20,22-34,39-49,91,98H2,1-15H3,(H,102,127)(H,103,122)(H,104,124)(H,105,128)(H,106,121)(H,107,125)(H,108,131)(H,109,123)(H,110,129)(H,111,126)(H,112,132)(H,114,130)(H4,92,93,99)(H4,94,95,100)(H4,96,97,101)/t55-,56?,57+,59-,61-,62-,63-,64?,65?,66?,67-,68?,69-,70-,71-,89?,90?/m0/s1. The molecule has 1 aromatic carbocycles. The van der Waals surface area contributed by atoms with Crippen LogP contribution in [0.1, 0.15) is 244 Å². The molecule has 1 aromatic rings. The quantitative estimate of drug-likeness (QED) is 0.00544. The summed E-state index contributed by atoms with van der Waals surface area (Å²) in [6.45, 7) is 23.2. The number of aliphatic hydroxyl groups excluding tert-OH is 1. The third kappa shape index (κ3) is 44.4. The molecule has 0 bridgehead atoms. The molecule has 1 heterocycles. The molecule has 0 aromatic heterocycles. The Kier molecular flexibility index (Phi) is 55.2. The maximum Gasteiger partial charge on any atom is 0.246 e. The highest BCUT2D eigenvalue weighted by Crippen LogP contribution is 2.25. The fraction of sp³-hybridized carbons (Fsp3) is 0.711. The van der Waals surface area contributed by atoms with Gasteiger partial charge in [0.1, 0.15) is 78.0 Å². The van der Waals surface area contributed by atoms with Gasteiger partial charge in [-0.15, -0.1) is 0 Å².